The first-order chi connectivity index (χ1) is 30.9. The van der Waals surface area contributed by atoms with Crippen molar-refractivity contribution < 1.29 is 24.0 Å². The number of thiazole rings is 1. The number of hydrogen-bond donors (Lipinski definition) is 2. The summed E-state index contributed by atoms with van der Waals surface area (Å²) in [7, 11) is 0. The Labute approximate surface area is 374 Å². The Balaban J connectivity index is 1.07. The van der Waals surface area contributed by atoms with Gasteiger partial charge in [0.25, 0.3) is 11.8 Å². The number of nitrogens with one attached hydrogen (secondary N) is 2. The Morgan fingerprint density at radius 3 is 1.92 bits per heavy atom. The molecule has 2 aliphatic heterocycles. The first-order valence-electron chi connectivity index (χ1n) is 20.4. The van der Waals surface area contributed by atoms with Crippen LogP contribution >= 0.6 is 23.1 Å². The highest BCUT2D eigenvalue weighted by Crippen LogP contribution is 2.43. The van der Waals surface area contributed by atoms with E-state index in [0.717, 1.165) is 27.8 Å². The van der Waals surface area contributed by atoms with E-state index in [1.165, 1.54) is 28.0 Å². The lowest BCUT2D eigenvalue weighted by atomic mass is 9.77. The number of carbonyl (C=O) groups is 3. The second kappa shape index (κ2) is 19.7. The minimum atomic E-state index is -0.977. The number of rotatable bonds is 15. The van der Waals surface area contributed by atoms with Crippen LogP contribution in [0.3, 0.4) is 0 Å². The van der Waals surface area contributed by atoms with Gasteiger partial charge in [0.15, 0.2) is 16.9 Å². The van der Waals surface area contributed by atoms with Crippen molar-refractivity contribution in [2.45, 2.75) is 36.9 Å². The van der Waals surface area contributed by atoms with E-state index in [0.29, 0.717) is 16.5 Å². The van der Waals surface area contributed by atoms with Crippen LogP contribution in [0.2, 0.25) is 0 Å². The van der Waals surface area contributed by atoms with Gasteiger partial charge in [0.05, 0.1) is 0 Å². The van der Waals surface area contributed by atoms with Crippen molar-refractivity contribution >= 4 is 51.7 Å². The molecule has 0 radical (unpaired) electrons. The van der Waals surface area contributed by atoms with Gasteiger partial charge in [-0.25, -0.2) is 9.78 Å². The monoisotopic (exact) mass is 869 g/mol. The zero-order valence-corrected chi connectivity index (χ0v) is 36.1. The number of oxime groups is 1. The predicted octanol–water partition coefficient (Wildman–Crippen LogP) is 8.85. The summed E-state index contributed by atoms with van der Waals surface area (Å²) < 4.78 is 6.27. The maximum Gasteiger partial charge on any atom is 0.356 e. The molecule has 1 aromatic heterocycles. The Kier molecular flexibility index (Phi) is 13.3. The minimum absolute atomic E-state index is 0.0940. The van der Waals surface area contributed by atoms with Crippen LogP contribution in [0.1, 0.15) is 53.5 Å². The number of ether oxygens (including phenoxy) is 1. The number of fused-ring (bicyclic) bond motifs is 1. The van der Waals surface area contributed by atoms with Crippen molar-refractivity contribution in [3.05, 3.63) is 214 Å². The van der Waals surface area contributed by atoms with E-state index in [1.54, 1.807) is 31.4 Å². The molecule has 0 saturated carbocycles. The Morgan fingerprint density at radius 1 is 0.857 bits per heavy atom. The van der Waals surface area contributed by atoms with Crippen LogP contribution in [0.5, 0.6) is 0 Å². The molecule has 0 aliphatic carbocycles. The molecule has 314 valence electrons. The van der Waals surface area contributed by atoms with E-state index in [1.807, 2.05) is 115 Å². The minimum Gasteiger partial charge on any atom is -0.448 e. The second-order valence-electron chi connectivity index (χ2n) is 14.4. The summed E-state index contributed by atoms with van der Waals surface area (Å²) in [6.07, 6.45) is 2.65. The van der Waals surface area contributed by atoms with Gasteiger partial charge in [-0.05, 0) is 59.4 Å². The zero-order valence-electron chi connectivity index (χ0n) is 34.5. The summed E-state index contributed by atoms with van der Waals surface area (Å²) in [5.41, 5.74) is 4.53. The van der Waals surface area contributed by atoms with E-state index < -0.39 is 40.8 Å². The number of carbonyl (C=O) groups excluding carboxylic acids is 3. The van der Waals surface area contributed by atoms with E-state index in [4.69, 9.17) is 14.6 Å². The van der Waals surface area contributed by atoms with Crippen LogP contribution in [-0.2, 0) is 29.5 Å². The molecule has 3 heterocycles. The highest BCUT2D eigenvalue weighted by molar-refractivity contribution is 8.00. The lowest BCUT2D eigenvalue weighted by Gasteiger charge is -2.49. The number of benzene rings is 5. The number of allylic oxidation sites excluding steroid dienone is 2. The zero-order chi connectivity index (χ0) is 43.6. The van der Waals surface area contributed by atoms with Crippen LogP contribution in [-0.4, -0.2) is 57.2 Å². The molecular weight excluding hydrogens is 827 g/mol. The van der Waals surface area contributed by atoms with Gasteiger partial charge in [-0.15, -0.1) is 29.0 Å². The lowest BCUT2D eigenvalue weighted by Crippen LogP contribution is -2.71. The molecule has 8 rings (SSSR count). The number of β-lactam (4-membered cyclic amide) rings is 1. The molecule has 2 amide bonds. The fourth-order valence-corrected chi connectivity index (χ4v) is 9.73. The van der Waals surface area contributed by atoms with Gasteiger partial charge in [0.1, 0.15) is 35.0 Å². The first kappa shape index (κ1) is 42.5. The van der Waals surface area contributed by atoms with Crippen LogP contribution < -0.4 is 10.6 Å². The molecule has 63 heavy (non-hydrogen) atoms. The fraction of sp³-hybridized carbons (Fsp3) is 0.157. The highest BCUT2D eigenvalue weighted by Gasteiger charge is 2.55. The average molecular weight is 870 g/mol. The summed E-state index contributed by atoms with van der Waals surface area (Å²) in [4.78, 5) is 54.6. The van der Waals surface area contributed by atoms with E-state index >= 15 is 0 Å². The smallest absolute Gasteiger partial charge is 0.356 e. The van der Waals surface area contributed by atoms with Crippen molar-refractivity contribution in [1.29, 1.82) is 0 Å². The van der Waals surface area contributed by atoms with E-state index in [-0.39, 0.29) is 23.7 Å². The van der Waals surface area contributed by atoms with Crippen LogP contribution in [0.25, 0.3) is 0 Å². The summed E-state index contributed by atoms with van der Waals surface area (Å²) in [5, 5.41) is 12.5. The summed E-state index contributed by atoms with van der Waals surface area (Å²) in [5.74, 6) is 4.31. The van der Waals surface area contributed by atoms with E-state index in [2.05, 4.69) is 64.0 Å². The number of aromatic nitrogens is 1. The lowest BCUT2D eigenvalue weighted by molar-refractivity contribution is -0.154. The van der Waals surface area contributed by atoms with Gasteiger partial charge in [-0.1, -0.05) is 163 Å². The Hall–Kier alpha value is -7.20. The average Bonchev–Trinajstić information content (AvgIpc) is 3.80. The molecule has 5 aromatic carbocycles. The number of esters is 1. The number of hydrogen-bond acceptors (Lipinski definition) is 10. The van der Waals surface area contributed by atoms with Crippen molar-refractivity contribution in [1.82, 2.24) is 15.2 Å². The van der Waals surface area contributed by atoms with E-state index in [9.17, 15) is 14.4 Å². The highest BCUT2D eigenvalue weighted by atomic mass is 32.2. The quantitative estimate of drug-likeness (QED) is 0.0262. The van der Waals surface area contributed by atoms with Crippen LogP contribution in [0, 0.1) is 11.8 Å². The number of anilines is 1. The number of thioether (sulfide) groups is 1. The predicted molar refractivity (Wildman–Crippen MR) is 249 cm³/mol. The number of nitrogens with zero attached hydrogens (tertiary/aromatic N) is 3. The van der Waals surface area contributed by atoms with Crippen molar-refractivity contribution in [2.75, 3.05) is 17.7 Å². The maximum atomic E-state index is 14.4. The number of amides is 2. The normalized spacial score (nSPS) is 16.1. The molecule has 12 heteroatoms. The van der Waals surface area contributed by atoms with Gasteiger partial charge >= 0.3 is 5.97 Å². The molecule has 6 aromatic rings. The van der Waals surface area contributed by atoms with Crippen molar-refractivity contribution in [3.8, 4) is 11.8 Å². The Bertz CT molecular complexity index is 2580. The van der Waals surface area contributed by atoms with Gasteiger partial charge in [-0.2, -0.15) is 0 Å². The standard InChI is InChI=1S/C51H43N5O5S2/c1-3-5-11-26-37-33-62-48-43(47(58)56(48)44(37)49(59)61-45(35-22-12-6-13-23-35)36-24-14-7-15-25-36)53-46(57)42(55-60-4-2)41-34-63-50(52-41)54-51(38-27-16-8-17-28-38,39-29-18-9-19-30-39)40-31-20-10-21-32-40/h6-32,34,43,45,48H,4,33H2,1-2H3,(H,52,54)(H,53,57)/t43-,48-/m1/s1. The molecular formula is C51H43N5O5S2. The third-order valence-corrected chi connectivity index (χ3v) is 12.6. The Morgan fingerprint density at radius 2 is 1.40 bits per heavy atom. The third kappa shape index (κ3) is 8.93. The molecule has 10 nitrogen and oxygen atoms in total. The fourth-order valence-electron chi connectivity index (χ4n) is 7.66. The molecule has 0 unspecified atom stereocenters. The van der Waals surface area contributed by atoms with Crippen LogP contribution in [0.15, 0.2) is 186 Å². The molecule has 2 atom stereocenters. The summed E-state index contributed by atoms with van der Waals surface area (Å²) in [6.45, 7) is 3.68. The largest absolute Gasteiger partial charge is 0.448 e. The third-order valence-electron chi connectivity index (χ3n) is 10.6. The molecule has 1 fully saturated rings. The maximum absolute atomic E-state index is 14.4. The second-order valence-corrected chi connectivity index (χ2v) is 16.4. The van der Waals surface area contributed by atoms with Crippen LogP contribution in [0.4, 0.5) is 5.13 Å². The van der Waals surface area contributed by atoms with Gasteiger partial charge in [0.2, 0.25) is 0 Å². The van der Waals surface area contributed by atoms with Crippen molar-refractivity contribution in [2.24, 2.45) is 5.16 Å². The van der Waals surface area contributed by atoms with Gasteiger partial charge in [-0.3, -0.25) is 14.5 Å². The molecule has 0 spiro atoms. The molecule has 1 saturated heterocycles. The molecule has 2 N–H and O–H groups in total. The SMILES string of the molecule is CC#CC=CC1=C(C(=O)OC(c2ccccc2)c2ccccc2)N2C(=O)[C@@H](NC(=O)C(=NOCC)c3csc(NC(c4ccccc4)(c4ccccc4)c4ccccc4)n3)[C@H]2SC1. The molecule has 0 bridgehead atoms. The van der Waals surface area contributed by atoms with Gasteiger partial charge in [0, 0.05) is 11.1 Å². The topological polar surface area (TPSA) is 122 Å². The summed E-state index contributed by atoms with van der Waals surface area (Å²) in [6, 6.07) is 48.3. The first-order valence-corrected chi connectivity index (χ1v) is 22.3. The molecule has 2 aliphatic rings. The van der Waals surface area contributed by atoms with Crippen molar-refractivity contribution in [3.63, 3.8) is 0 Å². The summed E-state index contributed by atoms with van der Waals surface area (Å²) >= 11 is 2.74. The van der Waals surface area contributed by atoms with Gasteiger partial charge < -0.3 is 20.2 Å².